The van der Waals surface area contributed by atoms with Crippen LogP contribution < -0.4 is 16.0 Å². The van der Waals surface area contributed by atoms with Gasteiger partial charge < -0.3 is 9.84 Å². The second kappa shape index (κ2) is 7.55. The van der Waals surface area contributed by atoms with Crippen molar-refractivity contribution in [3.05, 3.63) is 68.9 Å². The van der Waals surface area contributed by atoms with Crippen LogP contribution in [0.3, 0.4) is 0 Å². The van der Waals surface area contributed by atoms with E-state index in [9.17, 15) is 19.5 Å². The highest BCUT2D eigenvalue weighted by molar-refractivity contribution is 6.04. The quantitative estimate of drug-likeness (QED) is 0.750. The van der Waals surface area contributed by atoms with Gasteiger partial charge >= 0.3 is 5.69 Å². The summed E-state index contributed by atoms with van der Waals surface area (Å²) in [6.45, 7) is 4.91. The molecule has 9 nitrogen and oxygen atoms in total. The molecule has 1 aliphatic rings. The van der Waals surface area contributed by atoms with Crippen LogP contribution in [0.2, 0.25) is 0 Å². The number of methoxy groups -OCH3 is 1. The second-order valence-corrected chi connectivity index (χ2v) is 6.26. The molecule has 0 aliphatic carbocycles. The van der Waals surface area contributed by atoms with E-state index in [1.165, 1.54) is 18.0 Å². The molecule has 1 atom stereocenters. The number of nitrogens with zero attached hydrogens (tertiary/aromatic N) is 3. The second-order valence-electron chi connectivity index (χ2n) is 6.26. The van der Waals surface area contributed by atoms with Gasteiger partial charge in [-0.05, 0) is 17.7 Å². The van der Waals surface area contributed by atoms with Gasteiger partial charge in [-0.25, -0.2) is 9.80 Å². The van der Waals surface area contributed by atoms with Crippen molar-refractivity contribution in [2.75, 3.05) is 7.11 Å². The molecule has 0 saturated heterocycles. The Labute approximate surface area is 160 Å². The number of ether oxygens (including phenoxy) is 1. The first kappa shape index (κ1) is 19.2. The van der Waals surface area contributed by atoms with Crippen molar-refractivity contribution in [2.45, 2.75) is 25.9 Å². The molecule has 0 saturated carbocycles. The van der Waals surface area contributed by atoms with Crippen molar-refractivity contribution in [1.82, 2.24) is 14.6 Å². The number of hydrogen-bond acceptors (Lipinski definition) is 6. The maximum atomic E-state index is 12.4. The Kier molecular flexibility index (Phi) is 5.16. The van der Waals surface area contributed by atoms with Gasteiger partial charge in [0.05, 0.1) is 18.9 Å². The molecule has 1 aliphatic heterocycles. The first-order valence-electron chi connectivity index (χ1n) is 8.56. The van der Waals surface area contributed by atoms with E-state index in [2.05, 4.69) is 16.7 Å². The average molecular weight is 384 g/mol. The SMILES string of the molecule is C=CCn1c(O)c(C2=NN(C(C)=O)[C@H](c3ccc(OC)cc3)C2)c(=O)[nH]c1=O. The molecule has 1 amide bonds. The molecule has 2 N–H and O–H groups in total. The first-order valence-corrected chi connectivity index (χ1v) is 8.56. The minimum Gasteiger partial charge on any atom is -0.497 e. The number of amides is 1. The van der Waals surface area contributed by atoms with Crippen molar-refractivity contribution < 1.29 is 14.6 Å². The van der Waals surface area contributed by atoms with Crippen LogP contribution in [0, 0.1) is 0 Å². The van der Waals surface area contributed by atoms with E-state index in [1.807, 2.05) is 0 Å². The van der Waals surface area contributed by atoms with Crippen LogP contribution in [0.15, 0.2) is 51.6 Å². The molecule has 0 unspecified atom stereocenters. The Morgan fingerprint density at radius 3 is 2.64 bits per heavy atom. The van der Waals surface area contributed by atoms with Gasteiger partial charge in [0.15, 0.2) is 0 Å². The zero-order valence-corrected chi connectivity index (χ0v) is 15.5. The number of benzene rings is 1. The molecular formula is C19H20N4O5. The number of H-pyrrole nitrogens is 1. The van der Waals surface area contributed by atoms with Gasteiger partial charge in [0, 0.05) is 19.9 Å². The fraction of sp³-hybridized carbons (Fsp3) is 0.263. The maximum Gasteiger partial charge on any atom is 0.331 e. The summed E-state index contributed by atoms with van der Waals surface area (Å²) < 4.78 is 6.12. The summed E-state index contributed by atoms with van der Waals surface area (Å²) in [7, 11) is 1.56. The Morgan fingerprint density at radius 1 is 1.39 bits per heavy atom. The van der Waals surface area contributed by atoms with E-state index in [1.54, 1.807) is 31.4 Å². The van der Waals surface area contributed by atoms with E-state index >= 15 is 0 Å². The van der Waals surface area contributed by atoms with Crippen LogP contribution >= 0.6 is 0 Å². The molecule has 9 heteroatoms. The van der Waals surface area contributed by atoms with Crippen LogP contribution in [0.25, 0.3) is 0 Å². The lowest BCUT2D eigenvalue weighted by atomic mass is 9.99. The average Bonchev–Trinajstić information content (AvgIpc) is 3.10. The van der Waals surface area contributed by atoms with Crippen molar-refractivity contribution in [1.29, 1.82) is 0 Å². The van der Waals surface area contributed by atoms with Crippen LogP contribution in [0.5, 0.6) is 11.6 Å². The zero-order valence-electron chi connectivity index (χ0n) is 15.5. The summed E-state index contributed by atoms with van der Waals surface area (Å²) in [6, 6.07) is 6.69. The lowest BCUT2D eigenvalue weighted by Crippen LogP contribution is -2.33. The third-order valence-electron chi connectivity index (χ3n) is 4.51. The van der Waals surface area contributed by atoms with E-state index in [0.717, 1.165) is 10.1 Å². The predicted molar refractivity (Wildman–Crippen MR) is 103 cm³/mol. The van der Waals surface area contributed by atoms with Crippen molar-refractivity contribution in [3.63, 3.8) is 0 Å². The van der Waals surface area contributed by atoms with Gasteiger partial charge in [0.25, 0.3) is 5.56 Å². The Bertz CT molecular complexity index is 1070. The fourth-order valence-corrected chi connectivity index (χ4v) is 3.16. The first-order chi connectivity index (χ1) is 13.4. The van der Waals surface area contributed by atoms with E-state index in [0.29, 0.717) is 5.75 Å². The molecule has 0 fully saturated rings. The largest absolute Gasteiger partial charge is 0.497 e. The molecule has 2 aromatic rings. The summed E-state index contributed by atoms with van der Waals surface area (Å²) in [5.74, 6) is -0.153. The van der Waals surface area contributed by atoms with Gasteiger partial charge in [0.2, 0.25) is 11.8 Å². The number of nitrogens with one attached hydrogen (secondary N) is 1. The number of rotatable bonds is 5. The number of hydrogen-bond donors (Lipinski definition) is 2. The summed E-state index contributed by atoms with van der Waals surface area (Å²) in [4.78, 5) is 38.5. The number of carbonyl (C=O) groups excluding carboxylic acids is 1. The van der Waals surface area contributed by atoms with Gasteiger partial charge in [0.1, 0.15) is 11.3 Å². The highest BCUT2D eigenvalue weighted by Crippen LogP contribution is 2.34. The smallest absolute Gasteiger partial charge is 0.331 e. The van der Waals surface area contributed by atoms with Crippen molar-refractivity contribution in [2.24, 2.45) is 5.10 Å². The molecule has 1 aromatic carbocycles. The van der Waals surface area contributed by atoms with Crippen LogP contribution in [0.1, 0.15) is 30.5 Å². The minimum atomic E-state index is -0.763. The highest BCUT2D eigenvalue weighted by Gasteiger charge is 2.34. The summed E-state index contributed by atoms with van der Waals surface area (Å²) in [5.41, 5.74) is -0.637. The lowest BCUT2D eigenvalue weighted by Gasteiger charge is -2.20. The summed E-state index contributed by atoms with van der Waals surface area (Å²) in [6.07, 6.45) is 1.62. The molecular weight excluding hydrogens is 364 g/mol. The highest BCUT2D eigenvalue weighted by atomic mass is 16.5. The van der Waals surface area contributed by atoms with Crippen LogP contribution in [0.4, 0.5) is 0 Å². The number of allylic oxidation sites excluding steroid dienone is 1. The van der Waals surface area contributed by atoms with Gasteiger partial charge in [-0.2, -0.15) is 5.10 Å². The molecule has 3 rings (SSSR count). The Hall–Kier alpha value is -3.62. The molecule has 1 aromatic heterocycles. The number of carbonyl (C=O) groups is 1. The van der Waals surface area contributed by atoms with Crippen LogP contribution in [-0.4, -0.2) is 38.4 Å². The Morgan fingerprint density at radius 2 is 2.07 bits per heavy atom. The molecule has 2 heterocycles. The number of aromatic amines is 1. The maximum absolute atomic E-state index is 12.4. The van der Waals surface area contributed by atoms with Crippen molar-refractivity contribution in [3.8, 4) is 11.6 Å². The number of hydrazone groups is 1. The van der Waals surface area contributed by atoms with E-state index in [-0.39, 0.29) is 30.1 Å². The monoisotopic (exact) mass is 384 g/mol. The van der Waals surface area contributed by atoms with E-state index < -0.39 is 23.2 Å². The molecule has 0 bridgehead atoms. The third-order valence-corrected chi connectivity index (χ3v) is 4.51. The molecule has 0 radical (unpaired) electrons. The van der Waals surface area contributed by atoms with Gasteiger partial charge in [-0.15, -0.1) is 6.58 Å². The Balaban J connectivity index is 2.06. The number of aromatic nitrogens is 2. The van der Waals surface area contributed by atoms with E-state index in [4.69, 9.17) is 4.74 Å². The van der Waals surface area contributed by atoms with Gasteiger partial charge in [-0.3, -0.25) is 19.1 Å². The normalized spacial score (nSPS) is 16.0. The third kappa shape index (κ3) is 3.34. The standard InChI is InChI=1S/C19H20N4O5/c1-4-9-22-18(26)16(17(25)20-19(22)27)14-10-15(23(21-14)11(2)24)12-5-7-13(28-3)8-6-12/h4-8,15,26H,1,9-10H2,2-3H3,(H,20,25,27)/t15-/m0/s1. The summed E-state index contributed by atoms with van der Waals surface area (Å²) >= 11 is 0. The van der Waals surface area contributed by atoms with Crippen LogP contribution in [-0.2, 0) is 11.3 Å². The zero-order chi connectivity index (χ0) is 20.4. The molecule has 28 heavy (non-hydrogen) atoms. The van der Waals surface area contributed by atoms with Crippen molar-refractivity contribution >= 4 is 11.6 Å². The molecule has 0 spiro atoms. The summed E-state index contributed by atoms with van der Waals surface area (Å²) in [5, 5.41) is 16.0. The topological polar surface area (TPSA) is 117 Å². The fourth-order valence-electron chi connectivity index (χ4n) is 3.16. The predicted octanol–water partition coefficient (Wildman–Crippen LogP) is 1.13. The van der Waals surface area contributed by atoms with Gasteiger partial charge in [-0.1, -0.05) is 18.2 Å². The lowest BCUT2D eigenvalue weighted by molar-refractivity contribution is -0.130. The molecule has 146 valence electrons. The number of aromatic hydroxyl groups is 1. The minimum absolute atomic E-state index is 0.0139.